The summed E-state index contributed by atoms with van der Waals surface area (Å²) in [6, 6.07) is 10.8. The van der Waals surface area contributed by atoms with Gasteiger partial charge in [-0.15, -0.1) is 12.4 Å². The molecule has 6 nitrogen and oxygen atoms in total. The SMILES string of the molecule is COC(=O)C1(N(C(C)=O)c2ccc(CCCN)cc2)CCNc2cc(Cl)cc(Cl)c21.Cl. The minimum absolute atomic E-state index is 0. The number of hydrogen-bond donors (Lipinski definition) is 2. The summed E-state index contributed by atoms with van der Waals surface area (Å²) in [4.78, 5) is 27.7. The molecule has 0 fully saturated rings. The van der Waals surface area contributed by atoms with E-state index in [4.69, 9.17) is 33.7 Å². The number of anilines is 2. The normalized spacial score (nSPS) is 17.1. The predicted molar refractivity (Wildman–Crippen MR) is 127 cm³/mol. The minimum Gasteiger partial charge on any atom is -0.467 e. The topological polar surface area (TPSA) is 84.7 Å². The van der Waals surface area contributed by atoms with E-state index in [9.17, 15) is 9.59 Å². The highest BCUT2D eigenvalue weighted by Gasteiger charge is 2.53. The Morgan fingerprint density at radius 3 is 2.48 bits per heavy atom. The Balaban J connectivity index is 0.00000341. The van der Waals surface area contributed by atoms with Gasteiger partial charge in [-0.25, -0.2) is 4.79 Å². The van der Waals surface area contributed by atoms with Crippen LogP contribution in [0.5, 0.6) is 0 Å². The molecule has 31 heavy (non-hydrogen) atoms. The Labute approximate surface area is 198 Å². The van der Waals surface area contributed by atoms with E-state index in [2.05, 4.69) is 5.32 Å². The first-order valence-corrected chi connectivity index (χ1v) is 10.5. The van der Waals surface area contributed by atoms with Gasteiger partial charge in [0.15, 0.2) is 5.54 Å². The third kappa shape index (κ3) is 4.77. The van der Waals surface area contributed by atoms with Crippen molar-refractivity contribution in [3.63, 3.8) is 0 Å². The van der Waals surface area contributed by atoms with Crippen LogP contribution in [0.25, 0.3) is 0 Å². The highest BCUT2D eigenvalue weighted by molar-refractivity contribution is 6.36. The lowest BCUT2D eigenvalue weighted by Gasteiger charge is -2.45. The fraction of sp³-hybridized carbons (Fsp3) is 0.364. The van der Waals surface area contributed by atoms with Gasteiger partial charge >= 0.3 is 5.97 Å². The molecule has 0 saturated heterocycles. The van der Waals surface area contributed by atoms with E-state index in [1.807, 2.05) is 24.3 Å². The predicted octanol–water partition coefficient (Wildman–Crippen LogP) is 4.54. The largest absolute Gasteiger partial charge is 0.467 e. The van der Waals surface area contributed by atoms with E-state index in [0.29, 0.717) is 46.5 Å². The fourth-order valence-corrected chi connectivity index (χ4v) is 4.76. The minimum atomic E-state index is -1.42. The van der Waals surface area contributed by atoms with Gasteiger partial charge in [0.25, 0.3) is 0 Å². The molecule has 2 aromatic carbocycles. The van der Waals surface area contributed by atoms with E-state index in [1.54, 1.807) is 12.1 Å². The molecule has 1 atom stereocenters. The van der Waals surface area contributed by atoms with Gasteiger partial charge in [0.2, 0.25) is 5.91 Å². The number of fused-ring (bicyclic) bond motifs is 1. The summed E-state index contributed by atoms with van der Waals surface area (Å²) >= 11 is 12.7. The number of methoxy groups -OCH3 is 1. The molecular formula is C22H26Cl3N3O3. The summed E-state index contributed by atoms with van der Waals surface area (Å²) in [5.74, 6) is -0.856. The van der Waals surface area contributed by atoms with E-state index < -0.39 is 11.5 Å². The second kappa shape index (κ2) is 10.6. The number of carbonyl (C=O) groups is 2. The number of halogens is 3. The van der Waals surface area contributed by atoms with Crippen LogP contribution in [0.3, 0.4) is 0 Å². The summed E-state index contributed by atoms with van der Waals surface area (Å²) < 4.78 is 5.20. The summed E-state index contributed by atoms with van der Waals surface area (Å²) in [6.07, 6.45) is 2.01. The molecule has 0 aromatic heterocycles. The van der Waals surface area contributed by atoms with E-state index in [0.717, 1.165) is 18.4 Å². The maximum atomic E-state index is 13.3. The first kappa shape index (κ1) is 25.3. The van der Waals surface area contributed by atoms with Crippen molar-refractivity contribution in [2.24, 2.45) is 5.73 Å². The fourth-order valence-electron chi connectivity index (χ4n) is 4.11. The van der Waals surface area contributed by atoms with Crippen molar-refractivity contribution in [3.8, 4) is 0 Å². The summed E-state index contributed by atoms with van der Waals surface area (Å²) in [5.41, 5.74) is 6.96. The number of amides is 1. The van der Waals surface area contributed by atoms with Gasteiger partial charge in [-0.05, 0) is 49.2 Å². The van der Waals surface area contributed by atoms with Gasteiger partial charge in [-0.3, -0.25) is 9.69 Å². The van der Waals surface area contributed by atoms with Gasteiger partial charge in [0, 0.05) is 41.9 Å². The number of rotatable bonds is 6. The maximum Gasteiger partial charge on any atom is 0.337 e. The van der Waals surface area contributed by atoms with Crippen LogP contribution >= 0.6 is 35.6 Å². The van der Waals surface area contributed by atoms with Crippen LogP contribution in [-0.2, 0) is 26.3 Å². The summed E-state index contributed by atoms with van der Waals surface area (Å²) in [6.45, 7) is 2.48. The highest BCUT2D eigenvalue weighted by atomic mass is 35.5. The average Bonchev–Trinajstić information content (AvgIpc) is 2.71. The van der Waals surface area contributed by atoms with Gasteiger partial charge in [0.1, 0.15) is 0 Å². The third-order valence-corrected chi connectivity index (χ3v) is 5.87. The first-order chi connectivity index (χ1) is 14.3. The van der Waals surface area contributed by atoms with Crippen LogP contribution in [0.15, 0.2) is 36.4 Å². The Kier molecular flexibility index (Phi) is 8.60. The maximum absolute atomic E-state index is 13.3. The Hall–Kier alpha value is -1.99. The third-order valence-electron chi connectivity index (χ3n) is 5.35. The standard InChI is InChI=1S/C22H25Cl2N3O3.ClH/c1-14(28)27(17-7-5-15(6-8-17)4-3-10-25)22(21(29)30-2)9-11-26-19-13-16(23)12-18(24)20(19)22;/h5-8,12-13,26H,3-4,9-11,25H2,1-2H3;1H. The van der Waals surface area contributed by atoms with Crippen LogP contribution < -0.4 is 16.0 Å². The lowest BCUT2D eigenvalue weighted by Crippen LogP contribution is -2.57. The van der Waals surface area contributed by atoms with E-state index >= 15 is 0 Å². The molecule has 3 N–H and O–H groups in total. The molecular weight excluding hydrogens is 461 g/mol. The van der Waals surface area contributed by atoms with Crippen molar-refractivity contribution < 1.29 is 14.3 Å². The van der Waals surface area contributed by atoms with Gasteiger partial charge in [0.05, 0.1) is 12.1 Å². The zero-order valence-corrected chi connectivity index (χ0v) is 19.7. The van der Waals surface area contributed by atoms with Crippen LogP contribution in [-0.4, -0.2) is 32.1 Å². The van der Waals surface area contributed by atoms with E-state index in [1.165, 1.54) is 18.9 Å². The van der Waals surface area contributed by atoms with Crippen molar-refractivity contribution in [2.75, 3.05) is 30.4 Å². The Morgan fingerprint density at radius 2 is 1.90 bits per heavy atom. The number of esters is 1. The van der Waals surface area contributed by atoms with E-state index in [-0.39, 0.29) is 18.3 Å². The molecule has 1 amide bonds. The number of aryl methyl sites for hydroxylation is 1. The number of ether oxygens (including phenoxy) is 1. The average molecular weight is 487 g/mol. The number of nitrogens with one attached hydrogen (secondary N) is 1. The molecule has 0 radical (unpaired) electrons. The zero-order valence-electron chi connectivity index (χ0n) is 17.4. The van der Waals surface area contributed by atoms with Crippen molar-refractivity contribution >= 4 is 58.9 Å². The first-order valence-electron chi connectivity index (χ1n) is 9.76. The quantitative estimate of drug-likeness (QED) is 0.585. The Bertz CT molecular complexity index is 953. The van der Waals surface area contributed by atoms with Crippen molar-refractivity contribution in [2.45, 2.75) is 31.7 Å². The molecule has 9 heteroatoms. The molecule has 2 aromatic rings. The van der Waals surface area contributed by atoms with Crippen LogP contribution in [0.1, 0.15) is 30.9 Å². The number of hydrogen-bond acceptors (Lipinski definition) is 5. The van der Waals surface area contributed by atoms with Crippen LogP contribution in [0.4, 0.5) is 11.4 Å². The van der Waals surface area contributed by atoms with Crippen molar-refractivity contribution in [1.82, 2.24) is 0 Å². The van der Waals surface area contributed by atoms with Gasteiger partial charge in [-0.2, -0.15) is 0 Å². The lowest BCUT2D eigenvalue weighted by atomic mass is 9.80. The molecule has 1 aliphatic heterocycles. The van der Waals surface area contributed by atoms with Crippen LogP contribution in [0.2, 0.25) is 10.0 Å². The number of nitrogens with two attached hydrogens (primary N) is 1. The summed E-state index contributed by atoms with van der Waals surface area (Å²) in [7, 11) is 1.31. The smallest absolute Gasteiger partial charge is 0.337 e. The molecule has 0 aliphatic carbocycles. The van der Waals surface area contributed by atoms with Gasteiger partial charge < -0.3 is 15.8 Å². The highest BCUT2D eigenvalue weighted by Crippen LogP contribution is 2.47. The molecule has 1 aliphatic rings. The summed E-state index contributed by atoms with van der Waals surface area (Å²) in [5, 5.41) is 3.96. The molecule has 0 bridgehead atoms. The lowest BCUT2D eigenvalue weighted by molar-refractivity contribution is -0.149. The Morgan fingerprint density at radius 1 is 1.23 bits per heavy atom. The molecule has 3 rings (SSSR count). The van der Waals surface area contributed by atoms with Crippen LogP contribution in [0, 0.1) is 0 Å². The number of nitrogens with zero attached hydrogens (tertiary/aromatic N) is 1. The second-order valence-electron chi connectivity index (χ2n) is 7.25. The number of benzene rings is 2. The second-order valence-corrected chi connectivity index (χ2v) is 8.10. The molecule has 1 heterocycles. The number of carbonyl (C=O) groups excluding carboxylic acids is 2. The zero-order chi connectivity index (χ0) is 21.9. The van der Waals surface area contributed by atoms with Crippen molar-refractivity contribution in [3.05, 3.63) is 57.6 Å². The van der Waals surface area contributed by atoms with Crippen molar-refractivity contribution in [1.29, 1.82) is 0 Å². The molecule has 0 spiro atoms. The molecule has 168 valence electrons. The molecule has 0 saturated carbocycles. The monoisotopic (exact) mass is 485 g/mol. The van der Waals surface area contributed by atoms with Gasteiger partial charge in [-0.1, -0.05) is 35.3 Å². The molecule has 1 unspecified atom stereocenters.